The molecule has 0 aliphatic carbocycles. The largest absolute Gasteiger partial charge is 0.353 e. The molecule has 0 radical (unpaired) electrons. The van der Waals surface area contributed by atoms with Gasteiger partial charge in [0.1, 0.15) is 17.3 Å². The molecule has 4 aromatic rings. The molecular weight excluding hydrogens is 516 g/mol. The van der Waals surface area contributed by atoms with Crippen LogP contribution in [0.3, 0.4) is 0 Å². The van der Waals surface area contributed by atoms with Crippen LogP contribution in [-0.4, -0.2) is 79.1 Å². The summed E-state index contributed by atoms with van der Waals surface area (Å²) in [4.78, 5) is 19.9. The lowest BCUT2D eigenvalue weighted by molar-refractivity contribution is 0.0610. The maximum Gasteiger partial charge on any atom is 0.147 e. The molecular formula is C28H33ClN8S. The Hall–Kier alpha value is -2.85. The molecule has 6 rings (SSSR count). The molecule has 3 aromatic heterocycles. The van der Waals surface area contributed by atoms with Crippen molar-refractivity contribution in [2.75, 3.05) is 37.6 Å². The average molecular weight is 549 g/mol. The second-order valence-corrected chi connectivity index (χ2v) is 11.2. The van der Waals surface area contributed by atoms with E-state index in [4.69, 9.17) is 16.6 Å². The van der Waals surface area contributed by atoms with E-state index in [-0.39, 0.29) is 0 Å². The number of aromatic amines is 1. The van der Waals surface area contributed by atoms with Crippen LogP contribution in [0, 0.1) is 0 Å². The van der Waals surface area contributed by atoms with Crippen molar-refractivity contribution in [3.05, 3.63) is 64.9 Å². The molecule has 2 fully saturated rings. The summed E-state index contributed by atoms with van der Waals surface area (Å²) >= 11 is 8.09. The van der Waals surface area contributed by atoms with Crippen molar-refractivity contribution in [2.24, 2.45) is 0 Å². The predicted octanol–water partition coefficient (Wildman–Crippen LogP) is 5.21. The van der Waals surface area contributed by atoms with E-state index in [1.165, 1.54) is 29.9 Å². The summed E-state index contributed by atoms with van der Waals surface area (Å²) in [5, 5.41) is 6.85. The molecule has 2 aliphatic rings. The van der Waals surface area contributed by atoms with Crippen LogP contribution in [-0.2, 0) is 6.54 Å². The van der Waals surface area contributed by atoms with Gasteiger partial charge in [-0.15, -0.1) is 5.10 Å². The summed E-state index contributed by atoms with van der Waals surface area (Å²) < 4.78 is 3.97. The zero-order chi connectivity index (χ0) is 25.9. The standard InChI is InChI=1S/C28H33ClN8S/c1-2-23-18-36(28-25(29)15-22(16-32-28)27-30-9-10-31-27)13-14-37(23)24-7-11-35(12-8-24)17-20-3-5-21(6-4-20)26-19-38-34-33-26/h3-6,9-10,15-16,19,23-24H,2,7-8,11-14,17-18H2,1H3,(H,30,31). The van der Waals surface area contributed by atoms with E-state index in [9.17, 15) is 0 Å². The van der Waals surface area contributed by atoms with Gasteiger partial charge in [0.25, 0.3) is 0 Å². The van der Waals surface area contributed by atoms with E-state index in [0.29, 0.717) is 17.1 Å². The first kappa shape index (κ1) is 25.4. The summed E-state index contributed by atoms with van der Waals surface area (Å²) in [6, 6.07) is 11.9. The Labute approximate surface area is 232 Å². The lowest BCUT2D eigenvalue weighted by atomic mass is 9.97. The van der Waals surface area contributed by atoms with Gasteiger partial charge in [-0.2, -0.15) is 0 Å². The number of hydrogen-bond acceptors (Lipinski definition) is 8. The van der Waals surface area contributed by atoms with Crippen molar-refractivity contribution >= 4 is 29.0 Å². The second kappa shape index (κ2) is 11.5. The van der Waals surface area contributed by atoms with Crippen LogP contribution in [0.5, 0.6) is 0 Å². The van der Waals surface area contributed by atoms with Crippen molar-refractivity contribution in [2.45, 2.75) is 44.8 Å². The first-order chi connectivity index (χ1) is 18.7. The number of piperazine rings is 1. The normalized spacial score (nSPS) is 19.7. The first-order valence-corrected chi connectivity index (χ1v) is 14.6. The van der Waals surface area contributed by atoms with Crippen LogP contribution in [0.1, 0.15) is 31.7 Å². The molecule has 1 aromatic carbocycles. The minimum Gasteiger partial charge on any atom is -0.353 e. The smallest absolute Gasteiger partial charge is 0.147 e. The van der Waals surface area contributed by atoms with E-state index in [1.54, 1.807) is 6.20 Å². The van der Waals surface area contributed by atoms with Crippen molar-refractivity contribution in [3.63, 3.8) is 0 Å². The van der Waals surface area contributed by atoms with Gasteiger partial charge in [0.2, 0.25) is 0 Å². The molecule has 38 heavy (non-hydrogen) atoms. The molecule has 5 heterocycles. The second-order valence-electron chi connectivity index (χ2n) is 10.2. The number of imidazole rings is 1. The quantitative estimate of drug-likeness (QED) is 0.340. The number of benzene rings is 1. The number of H-pyrrole nitrogens is 1. The van der Waals surface area contributed by atoms with Crippen LogP contribution >= 0.6 is 23.1 Å². The molecule has 2 aliphatic heterocycles. The van der Waals surface area contributed by atoms with Gasteiger partial charge in [0, 0.05) is 73.4 Å². The zero-order valence-electron chi connectivity index (χ0n) is 21.6. The minimum absolute atomic E-state index is 0.510. The molecule has 1 N–H and O–H groups in total. The number of pyridine rings is 1. The Balaban J connectivity index is 1.03. The minimum atomic E-state index is 0.510. The average Bonchev–Trinajstić information content (AvgIpc) is 3.69. The molecule has 0 bridgehead atoms. The number of hydrogen-bond donors (Lipinski definition) is 1. The fourth-order valence-corrected chi connectivity index (χ4v) is 6.61. The van der Waals surface area contributed by atoms with Crippen molar-refractivity contribution < 1.29 is 0 Å². The number of piperidine rings is 1. The van der Waals surface area contributed by atoms with Crippen LogP contribution in [0.4, 0.5) is 5.82 Å². The summed E-state index contributed by atoms with van der Waals surface area (Å²) in [6.45, 7) is 8.55. The van der Waals surface area contributed by atoms with Gasteiger partial charge in [-0.1, -0.05) is 47.3 Å². The van der Waals surface area contributed by atoms with Crippen molar-refractivity contribution in [3.8, 4) is 22.6 Å². The number of anilines is 1. The van der Waals surface area contributed by atoms with E-state index in [2.05, 4.69) is 65.4 Å². The summed E-state index contributed by atoms with van der Waals surface area (Å²) in [5.41, 5.74) is 4.36. The summed E-state index contributed by atoms with van der Waals surface area (Å²) in [6.07, 6.45) is 8.98. The monoisotopic (exact) mass is 548 g/mol. The summed E-state index contributed by atoms with van der Waals surface area (Å²) in [5.74, 6) is 1.67. The first-order valence-electron chi connectivity index (χ1n) is 13.4. The molecule has 0 saturated carbocycles. The van der Waals surface area contributed by atoms with Gasteiger partial charge in [-0.25, -0.2) is 9.97 Å². The Kier molecular flexibility index (Phi) is 7.69. The molecule has 8 nitrogen and oxygen atoms in total. The number of likely N-dealkylation sites (tertiary alicyclic amines) is 1. The lowest BCUT2D eigenvalue weighted by Crippen LogP contribution is -2.58. The fourth-order valence-electron chi connectivity index (χ4n) is 5.86. The van der Waals surface area contributed by atoms with Crippen molar-refractivity contribution in [1.29, 1.82) is 0 Å². The highest BCUT2D eigenvalue weighted by molar-refractivity contribution is 7.03. The van der Waals surface area contributed by atoms with Crippen molar-refractivity contribution in [1.82, 2.24) is 34.3 Å². The molecule has 10 heteroatoms. The van der Waals surface area contributed by atoms with Gasteiger partial charge >= 0.3 is 0 Å². The maximum absolute atomic E-state index is 6.70. The predicted molar refractivity (Wildman–Crippen MR) is 153 cm³/mol. The molecule has 2 saturated heterocycles. The number of nitrogens with zero attached hydrogens (tertiary/aromatic N) is 7. The van der Waals surface area contributed by atoms with Gasteiger partial charge in [0.05, 0.1) is 5.02 Å². The highest BCUT2D eigenvalue weighted by Gasteiger charge is 2.34. The number of nitrogens with one attached hydrogen (secondary N) is 1. The van der Waals surface area contributed by atoms with Crippen LogP contribution in [0.15, 0.2) is 54.3 Å². The highest BCUT2D eigenvalue weighted by Crippen LogP contribution is 2.31. The van der Waals surface area contributed by atoms with E-state index >= 15 is 0 Å². The van der Waals surface area contributed by atoms with Crippen LogP contribution in [0.25, 0.3) is 22.6 Å². The molecule has 198 valence electrons. The third kappa shape index (κ3) is 5.47. The number of rotatable bonds is 7. The fraction of sp³-hybridized carbons (Fsp3) is 0.429. The maximum atomic E-state index is 6.70. The number of aromatic nitrogens is 5. The van der Waals surface area contributed by atoms with E-state index in [0.717, 1.165) is 74.2 Å². The zero-order valence-corrected chi connectivity index (χ0v) is 23.2. The Morgan fingerprint density at radius 2 is 1.89 bits per heavy atom. The molecule has 1 unspecified atom stereocenters. The Morgan fingerprint density at radius 3 is 2.58 bits per heavy atom. The SMILES string of the molecule is CCC1CN(c2ncc(-c3ncc[nH]3)cc2Cl)CCN1C1CCN(Cc2ccc(-c3csnn3)cc2)CC1. The lowest BCUT2D eigenvalue weighted by Gasteiger charge is -2.47. The molecule has 0 spiro atoms. The van der Waals surface area contributed by atoms with E-state index < -0.39 is 0 Å². The van der Waals surface area contributed by atoms with Crippen LogP contribution < -0.4 is 4.90 Å². The van der Waals surface area contributed by atoms with E-state index in [1.807, 2.05) is 23.8 Å². The van der Waals surface area contributed by atoms with Gasteiger partial charge in [-0.3, -0.25) is 9.80 Å². The Morgan fingerprint density at radius 1 is 1.05 bits per heavy atom. The van der Waals surface area contributed by atoms with Gasteiger partial charge in [0.15, 0.2) is 0 Å². The third-order valence-corrected chi connectivity index (χ3v) is 8.72. The highest BCUT2D eigenvalue weighted by atomic mass is 35.5. The summed E-state index contributed by atoms with van der Waals surface area (Å²) in [7, 11) is 0. The third-order valence-electron chi connectivity index (χ3n) is 7.93. The number of halogens is 1. The Bertz CT molecular complexity index is 1300. The van der Waals surface area contributed by atoms with Gasteiger partial charge in [-0.05, 0) is 55.5 Å². The topological polar surface area (TPSA) is 77.1 Å². The van der Waals surface area contributed by atoms with Crippen LogP contribution in [0.2, 0.25) is 5.02 Å². The molecule has 0 amide bonds. The molecule has 1 atom stereocenters. The van der Waals surface area contributed by atoms with Gasteiger partial charge < -0.3 is 9.88 Å².